The van der Waals surface area contributed by atoms with E-state index in [1.807, 2.05) is 42.4 Å². The van der Waals surface area contributed by atoms with Crippen molar-refractivity contribution in [3.05, 3.63) is 78.0 Å². The first-order valence-corrected chi connectivity index (χ1v) is 14.3. The average molecular weight is 570 g/mol. The van der Waals surface area contributed by atoms with Crippen molar-refractivity contribution in [3.8, 4) is 11.3 Å². The molecular formula is C31H32FN7O3. The molecule has 1 aliphatic carbocycles. The van der Waals surface area contributed by atoms with E-state index in [0.29, 0.717) is 54.1 Å². The van der Waals surface area contributed by atoms with Crippen molar-refractivity contribution in [2.24, 2.45) is 0 Å². The number of carbonyl (C=O) groups is 1. The van der Waals surface area contributed by atoms with E-state index in [0.717, 1.165) is 36.2 Å². The Balaban J connectivity index is 1.38. The van der Waals surface area contributed by atoms with Crippen LogP contribution in [0.4, 0.5) is 10.2 Å². The van der Waals surface area contributed by atoms with Crippen LogP contribution in [0.25, 0.3) is 27.9 Å². The Hall–Kier alpha value is -4.35. The van der Waals surface area contributed by atoms with Gasteiger partial charge in [0.05, 0.1) is 30.2 Å². The van der Waals surface area contributed by atoms with Gasteiger partial charge in [-0.3, -0.25) is 4.79 Å². The first-order valence-electron chi connectivity index (χ1n) is 14.3. The fourth-order valence-corrected chi connectivity index (χ4v) is 5.90. The number of benzene rings is 1. The van der Waals surface area contributed by atoms with Gasteiger partial charge in [-0.25, -0.2) is 14.4 Å². The molecule has 2 atom stereocenters. The number of anilines is 1. The van der Waals surface area contributed by atoms with Crippen LogP contribution < -0.4 is 10.2 Å². The minimum Gasteiger partial charge on any atom is -0.391 e. The van der Waals surface area contributed by atoms with Crippen molar-refractivity contribution in [1.82, 2.24) is 29.5 Å². The quantitative estimate of drug-likeness (QED) is 0.303. The minimum absolute atomic E-state index is 0.169. The van der Waals surface area contributed by atoms with E-state index in [2.05, 4.69) is 32.1 Å². The Morgan fingerprint density at radius 2 is 1.93 bits per heavy atom. The van der Waals surface area contributed by atoms with Crippen LogP contribution >= 0.6 is 0 Å². The first kappa shape index (κ1) is 26.5. The van der Waals surface area contributed by atoms with Gasteiger partial charge < -0.3 is 24.6 Å². The molecule has 5 heterocycles. The summed E-state index contributed by atoms with van der Waals surface area (Å²) in [5.74, 6) is -0.0511. The van der Waals surface area contributed by atoms with Gasteiger partial charge in [-0.2, -0.15) is 9.61 Å². The molecule has 2 N–H and O–H groups in total. The summed E-state index contributed by atoms with van der Waals surface area (Å²) >= 11 is 0. The number of hydrogen-bond donors (Lipinski definition) is 2. The zero-order valence-electron chi connectivity index (χ0n) is 23.3. The minimum atomic E-state index is -0.550. The number of carbonyl (C=O) groups excluding carboxylic acids is 1. The highest BCUT2D eigenvalue weighted by Crippen LogP contribution is 2.36. The molecule has 0 radical (unpaired) electrons. The monoisotopic (exact) mass is 569 g/mol. The second-order valence-corrected chi connectivity index (χ2v) is 11.2. The smallest absolute Gasteiger partial charge is 0.257 e. The SMILES string of the molecule is CN(Cc1ccccc1)c1cc(-c2cn(C3CCOCC3)c3ncc(F)cc23)nc2c(C(=O)NC3CC[C@H]3O)cnn12. The Morgan fingerprint density at radius 3 is 2.67 bits per heavy atom. The Morgan fingerprint density at radius 1 is 1.12 bits per heavy atom. The summed E-state index contributed by atoms with van der Waals surface area (Å²) < 4.78 is 23.9. The molecule has 1 saturated heterocycles. The number of ether oxygens (including phenoxy) is 1. The maximum atomic E-state index is 14.6. The number of halogens is 1. The highest BCUT2D eigenvalue weighted by Gasteiger charge is 2.32. The lowest BCUT2D eigenvalue weighted by atomic mass is 9.89. The molecule has 1 amide bonds. The van der Waals surface area contributed by atoms with Gasteiger partial charge in [-0.15, -0.1) is 0 Å². The molecule has 1 saturated carbocycles. The van der Waals surface area contributed by atoms with Crippen LogP contribution in [0, 0.1) is 5.82 Å². The van der Waals surface area contributed by atoms with Crippen LogP contribution in [0.3, 0.4) is 0 Å². The molecule has 216 valence electrons. The van der Waals surface area contributed by atoms with E-state index in [-0.39, 0.29) is 18.0 Å². The molecule has 1 aromatic carbocycles. The molecule has 2 fully saturated rings. The third-order valence-electron chi connectivity index (χ3n) is 8.40. The van der Waals surface area contributed by atoms with Gasteiger partial charge in [0.25, 0.3) is 5.91 Å². The number of amides is 1. The normalized spacial score (nSPS) is 19.2. The van der Waals surface area contributed by atoms with Gasteiger partial charge in [0.2, 0.25) is 0 Å². The molecule has 11 heteroatoms. The second-order valence-electron chi connectivity index (χ2n) is 11.2. The zero-order chi connectivity index (χ0) is 28.8. The predicted molar refractivity (Wildman–Crippen MR) is 156 cm³/mol. The Labute approximate surface area is 241 Å². The van der Waals surface area contributed by atoms with Gasteiger partial charge >= 0.3 is 0 Å². The van der Waals surface area contributed by atoms with E-state index in [1.165, 1.54) is 18.5 Å². The van der Waals surface area contributed by atoms with Crippen molar-refractivity contribution >= 4 is 28.4 Å². The number of hydrogen-bond acceptors (Lipinski definition) is 7. The third-order valence-corrected chi connectivity index (χ3v) is 8.40. The van der Waals surface area contributed by atoms with Gasteiger partial charge in [0, 0.05) is 56.1 Å². The number of rotatable bonds is 7. The molecular weight excluding hydrogens is 537 g/mol. The molecule has 2 aliphatic rings. The van der Waals surface area contributed by atoms with E-state index in [4.69, 9.17) is 9.72 Å². The van der Waals surface area contributed by atoms with E-state index in [9.17, 15) is 14.3 Å². The molecule has 42 heavy (non-hydrogen) atoms. The topological polar surface area (TPSA) is 110 Å². The highest BCUT2D eigenvalue weighted by molar-refractivity contribution is 6.01. The molecule has 7 rings (SSSR count). The molecule has 1 unspecified atom stereocenters. The van der Waals surface area contributed by atoms with E-state index < -0.39 is 11.9 Å². The fourth-order valence-electron chi connectivity index (χ4n) is 5.90. The maximum Gasteiger partial charge on any atom is 0.257 e. The summed E-state index contributed by atoms with van der Waals surface area (Å²) in [5, 5.41) is 18.2. The van der Waals surface area contributed by atoms with Crippen LogP contribution in [-0.4, -0.2) is 67.6 Å². The summed E-state index contributed by atoms with van der Waals surface area (Å²) in [5.41, 5.74) is 3.79. The van der Waals surface area contributed by atoms with Gasteiger partial charge in [-0.05, 0) is 37.3 Å². The molecule has 5 aromatic rings. The number of nitrogens with one attached hydrogen (secondary N) is 1. The highest BCUT2D eigenvalue weighted by atomic mass is 19.1. The van der Waals surface area contributed by atoms with Gasteiger partial charge in [0.1, 0.15) is 22.8 Å². The van der Waals surface area contributed by atoms with Crippen molar-refractivity contribution in [3.63, 3.8) is 0 Å². The summed E-state index contributed by atoms with van der Waals surface area (Å²) in [6.45, 7) is 1.90. The van der Waals surface area contributed by atoms with Crippen molar-refractivity contribution in [1.29, 1.82) is 0 Å². The molecule has 10 nitrogen and oxygen atoms in total. The molecule has 0 bridgehead atoms. The summed E-state index contributed by atoms with van der Waals surface area (Å²) in [7, 11) is 1.96. The maximum absolute atomic E-state index is 14.6. The van der Waals surface area contributed by atoms with Crippen LogP contribution in [0.2, 0.25) is 0 Å². The van der Waals surface area contributed by atoms with Gasteiger partial charge in [-0.1, -0.05) is 30.3 Å². The lowest BCUT2D eigenvalue weighted by Gasteiger charge is -2.32. The molecule has 1 aliphatic heterocycles. The lowest BCUT2D eigenvalue weighted by Crippen LogP contribution is -2.50. The number of aliphatic hydroxyl groups excluding tert-OH is 1. The van der Waals surface area contributed by atoms with Gasteiger partial charge in [0.15, 0.2) is 5.65 Å². The van der Waals surface area contributed by atoms with Crippen LogP contribution in [-0.2, 0) is 11.3 Å². The first-order chi connectivity index (χ1) is 20.5. The number of nitrogens with zero attached hydrogens (tertiary/aromatic N) is 6. The van der Waals surface area contributed by atoms with Crippen molar-refractivity contribution in [2.75, 3.05) is 25.2 Å². The van der Waals surface area contributed by atoms with Crippen molar-refractivity contribution in [2.45, 2.75) is 50.4 Å². The van der Waals surface area contributed by atoms with Crippen molar-refractivity contribution < 1.29 is 19.0 Å². The third kappa shape index (κ3) is 4.78. The number of pyridine rings is 1. The lowest BCUT2D eigenvalue weighted by molar-refractivity contribution is 0.0448. The Bertz CT molecular complexity index is 1760. The fraction of sp³-hybridized carbons (Fsp3) is 0.355. The summed E-state index contributed by atoms with van der Waals surface area (Å²) in [4.78, 5) is 24.8. The summed E-state index contributed by atoms with van der Waals surface area (Å²) in [6.07, 6.45) is 7.25. The number of fused-ring (bicyclic) bond motifs is 2. The second kappa shape index (κ2) is 10.8. The van der Waals surface area contributed by atoms with Crippen LogP contribution in [0.5, 0.6) is 0 Å². The average Bonchev–Trinajstić information content (AvgIpc) is 3.61. The number of aliphatic hydroxyl groups is 1. The Kier molecular flexibility index (Phi) is 6.83. The predicted octanol–water partition coefficient (Wildman–Crippen LogP) is 4.13. The molecule has 0 spiro atoms. The van der Waals surface area contributed by atoms with Crippen LogP contribution in [0.15, 0.2) is 61.1 Å². The van der Waals surface area contributed by atoms with Crippen LogP contribution in [0.1, 0.15) is 47.6 Å². The largest absolute Gasteiger partial charge is 0.391 e. The standard InChI is InChI=1S/C31H32FN7O3/c1-37(17-19-5-3-2-4-6-19)28-14-26(35-30-23(16-34-39(28)30)31(41)36-25-7-8-27(25)40)24-18-38(21-9-11-42-12-10-21)29-22(24)13-20(32)15-33-29/h2-6,13-16,18,21,25,27,40H,7-12,17H2,1H3,(H,36,41)/t25?,27-/m1/s1. The number of aromatic nitrogens is 5. The zero-order valence-corrected chi connectivity index (χ0v) is 23.3. The van der Waals surface area contributed by atoms with E-state index in [1.54, 1.807) is 4.52 Å². The summed E-state index contributed by atoms with van der Waals surface area (Å²) in [6, 6.07) is 13.4. The molecule has 4 aromatic heterocycles. The van der Waals surface area contributed by atoms with E-state index >= 15 is 0 Å².